The number of nitrogens with zero attached hydrogens (tertiary/aromatic N) is 5. The normalized spacial score (nSPS) is 17.9. The van der Waals surface area contributed by atoms with E-state index in [0.29, 0.717) is 12.7 Å². The molecular weight excluding hydrogens is 357 g/mol. The van der Waals surface area contributed by atoms with Crippen molar-refractivity contribution in [3.63, 3.8) is 0 Å². The number of imidazole rings is 1. The summed E-state index contributed by atoms with van der Waals surface area (Å²) >= 11 is 0. The molecule has 0 aliphatic carbocycles. The lowest BCUT2D eigenvalue weighted by Crippen LogP contribution is -2.37. The van der Waals surface area contributed by atoms with Gasteiger partial charge in [0.25, 0.3) is 0 Å². The van der Waals surface area contributed by atoms with Crippen LogP contribution in [0.25, 0.3) is 22.3 Å². The smallest absolute Gasteiger partial charge is 0.148 e. The van der Waals surface area contributed by atoms with Crippen molar-refractivity contribution in [2.45, 2.75) is 18.9 Å². The van der Waals surface area contributed by atoms with E-state index in [2.05, 4.69) is 21.1 Å². The molecule has 0 saturated carbocycles. The van der Waals surface area contributed by atoms with E-state index in [-0.39, 0.29) is 5.82 Å². The van der Waals surface area contributed by atoms with E-state index in [1.165, 1.54) is 12.1 Å². The molecule has 0 atom stereocenters. The largest absolute Gasteiger partial charge is 0.381 e. The Morgan fingerprint density at radius 2 is 1.89 bits per heavy atom. The molecule has 142 valence electrons. The number of hydrogen-bond donors (Lipinski definition) is 0. The van der Waals surface area contributed by atoms with Gasteiger partial charge in [-0.2, -0.15) is 0 Å². The maximum atomic E-state index is 13.5. The molecule has 2 aromatic heterocycles. The van der Waals surface area contributed by atoms with Gasteiger partial charge < -0.3 is 9.64 Å². The molecule has 6 nitrogen and oxygen atoms in total. The standard InChI is InChI=1S/C21H20FN5O/c22-16-1-3-18(4-2-16)27-20-12-23-8-5-19(20)25-21(27)15-11-24-14-26(13-15)17-6-9-28-10-7-17/h1-5,8,11-13,17H,6-7,9-10,14H2. The lowest BCUT2D eigenvalue weighted by atomic mass is 10.1. The zero-order valence-electron chi connectivity index (χ0n) is 15.3. The van der Waals surface area contributed by atoms with Crippen LogP contribution in [-0.2, 0) is 4.74 Å². The van der Waals surface area contributed by atoms with Crippen molar-refractivity contribution in [2.75, 3.05) is 19.9 Å². The molecule has 28 heavy (non-hydrogen) atoms. The van der Waals surface area contributed by atoms with Gasteiger partial charge in [0.1, 0.15) is 18.3 Å². The lowest BCUT2D eigenvalue weighted by molar-refractivity contribution is 0.0502. The van der Waals surface area contributed by atoms with Crippen molar-refractivity contribution in [1.29, 1.82) is 0 Å². The van der Waals surface area contributed by atoms with Crippen LogP contribution in [0.1, 0.15) is 18.7 Å². The van der Waals surface area contributed by atoms with E-state index in [9.17, 15) is 4.39 Å². The first-order chi connectivity index (χ1) is 13.8. The Bertz CT molecular complexity index is 1050. The van der Waals surface area contributed by atoms with Crippen LogP contribution in [0.5, 0.6) is 0 Å². The zero-order valence-corrected chi connectivity index (χ0v) is 15.3. The lowest BCUT2D eigenvalue weighted by Gasteiger charge is -2.34. The highest BCUT2D eigenvalue weighted by Gasteiger charge is 2.23. The average Bonchev–Trinajstić information content (AvgIpc) is 3.15. The Hall–Kier alpha value is -3.06. The third kappa shape index (κ3) is 3.07. The van der Waals surface area contributed by atoms with Gasteiger partial charge >= 0.3 is 0 Å². The number of aromatic nitrogens is 3. The molecule has 1 fully saturated rings. The number of aliphatic imine (C=N–C) groups is 1. The van der Waals surface area contributed by atoms with Crippen LogP contribution in [0.15, 0.2) is 53.9 Å². The van der Waals surface area contributed by atoms with Crippen LogP contribution in [0.2, 0.25) is 0 Å². The summed E-state index contributed by atoms with van der Waals surface area (Å²) in [6.07, 6.45) is 9.51. The second kappa shape index (κ2) is 7.16. The highest BCUT2D eigenvalue weighted by atomic mass is 19.1. The maximum Gasteiger partial charge on any atom is 0.148 e. The minimum Gasteiger partial charge on any atom is -0.381 e. The van der Waals surface area contributed by atoms with Gasteiger partial charge in [-0.15, -0.1) is 0 Å². The predicted octanol–water partition coefficient (Wildman–Crippen LogP) is 3.42. The SMILES string of the molecule is Fc1ccc(-n2c(C3=CN(C4CCOCC4)CN=C3)nc3ccncc32)cc1. The molecule has 1 saturated heterocycles. The van der Waals surface area contributed by atoms with Crippen LogP contribution in [0, 0.1) is 5.82 Å². The monoisotopic (exact) mass is 377 g/mol. The van der Waals surface area contributed by atoms with Gasteiger partial charge in [0, 0.05) is 43.6 Å². The van der Waals surface area contributed by atoms with Crippen molar-refractivity contribution < 1.29 is 9.13 Å². The fraction of sp³-hybridized carbons (Fsp3) is 0.286. The Balaban J connectivity index is 1.62. The van der Waals surface area contributed by atoms with Crippen LogP contribution < -0.4 is 0 Å². The second-order valence-corrected chi connectivity index (χ2v) is 7.01. The Morgan fingerprint density at radius 3 is 2.71 bits per heavy atom. The third-order valence-corrected chi connectivity index (χ3v) is 5.24. The zero-order chi connectivity index (χ0) is 18.9. The first kappa shape index (κ1) is 17.1. The van der Waals surface area contributed by atoms with Crippen LogP contribution >= 0.6 is 0 Å². The number of rotatable bonds is 3. The first-order valence-corrected chi connectivity index (χ1v) is 9.43. The number of benzene rings is 1. The number of ether oxygens (including phenoxy) is 1. The molecular formula is C21H20FN5O. The molecule has 7 heteroatoms. The Morgan fingerprint density at radius 1 is 1.07 bits per heavy atom. The number of allylic oxidation sites excluding steroid dienone is 1. The van der Waals surface area contributed by atoms with Gasteiger partial charge in [-0.05, 0) is 43.2 Å². The highest BCUT2D eigenvalue weighted by Crippen LogP contribution is 2.27. The van der Waals surface area contributed by atoms with Gasteiger partial charge in [0.15, 0.2) is 0 Å². The maximum absolute atomic E-state index is 13.5. The number of fused-ring (bicyclic) bond motifs is 1. The quantitative estimate of drug-likeness (QED) is 0.702. The Kier molecular flexibility index (Phi) is 4.37. The van der Waals surface area contributed by atoms with E-state index in [1.807, 2.05) is 16.8 Å². The number of hydrogen-bond acceptors (Lipinski definition) is 5. The molecule has 2 aliphatic rings. The summed E-state index contributed by atoms with van der Waals surface area (Å²) in [6, 6.07) is 8.73. The highest BCUT2D eigenvalue weighted by molar-refractivity contribution is 6.10. The van der Waals surface area contributed by atoms with Gasteiger partial charge in [0.05, 0.1) is 22.8 Å². The van der Waals surface area contributed by atoms with Gasteiger partial charge in [-0.1, -0.05) is 0 Å². The van der Waals surface area contributed by atoms with Crippen molar-refractivity contribution in [2.24, 2.45) is 4.99 Å². The summed E-state index contributed by atoms with van der Waals surface area (Å²) in [5, 5.41) is 0. The summed E-state index contributed by atoms with van der Waals surface area (Å²) in [6.45, 7) is 2.22. The van der Waals surface area contributed by atoms with Gasteiger partial charge in [-0.25, -0.2) is 9.37 Å². The predicted molar refractivity (Wildman–Crippen MR) is 106 cm³/mol. The molecule has 0 amide bonds. The number of pyridine rings is 1. The van der Waals surface area contributed by atoms with Gasteiger partial charge in [0.2, 0.25) is 0 Å². The van der Waals surface area contributed by atoms with E-state index in [1.54, 1.807) is 24.5 Å². The van der Waals surface area contributed by atoms with E-state index >= 15 is 0 Å². The average molecular weight is 377 g/mol. The summed E-state index contributed by atoms with van der Waals surface area (Å²) in [7, 11) is 0. The Labute approximate surface area is 162 Å². The molecule has 4 heterocycles. The fourth-order valence-electron chi connectivity index (χ4n) is 3.81. The fourth-order valence-corrected chi connectivity index (χ4v) is 3.81. The van der Waals surface area contributed by atoms with Crippen LogP contribution in [0.3, 0.4) is 0 Å². The molecule has 0 N–H and O–H groups in total. The van der Waals surface area contributed by atoms with E-state index in [4.69, 9.17) is 9.72 Å². The molecule has 0 spiro atoms. The topological polar surface area (TPSA) is 55.5 Å². The van der Waals surface area contributed by atoms with E-state index < -0.39 is 0 Å². The van der Waals surface area contributed by atoms with Crippen molar-refractivity contribution in [1.82, 2.24) is 19.4 Å². The molecule has 3 aromatic rings. The molecule has 1 aromatic carbocycles. The molecule has 0 radical (unpaired) electrons. The minimum absolute atomic E-state index is 0.267. The third-order valence-electron chi connectivity index (χ3n) is 5.24. The summed E-state index contributed by atoms with van der Waals surface area (Å²) in [5.41, 5.74) is 3.48. The van der Waals surface area contributed by atoms with Crippen molar-refractivity contribution >= 4 is 22.8 Å². The van der Waals surface area contributed by atoms with E-state index in [0.717, 1.165) is 54.2 Å². The van der Waals surface area contributed by atoms with Gasteiger partial charge in [-0.3, -0.25) is 14.5 Å². The molecule has 0 unspecified atom stereocenters. The molecule has 5 rings (SSSR count). The second-order valence-electron chi connectivity index (χ2n) is 7.01. The van der Waals surface area contributed by atoms with Crippen LogP contribution in [-0.4, -0.2) is 51.6 Å². The van der Waals surface area contributed by atoms with Crippen molar-refractivity contribution in [3.05, 3.63) is 60.6 Å². The summed E-state index contributed by atoms with van der Waals surface area (Å²) < 4.78 is 21.0. The molecule has 2 aliphatic heterocycles. The summed E-state index contributed by atoms with van der Waals surface area (Å²) in [5.74, 6) is 0.507. The molecule has 0 bridgehead atoms. The minimum atomic E-state index is -0.267. The summed E-state index contributed by atoms with van der Waals surface area (Å²) in [4.78, 5) is 15.9. The van der Waals surface area contributed by atoms with Crippen LogP contribution in [0.4, 0.5) is 4.39 Å². The number of halogens is 1. The first-order valence-electron chi connectivity index (χ1n) is 9.43. The van der Waals surface area contributed by atoms with Crippen molar-refractivity contribution in [3.8, 4) is 5.69 Å².